The lowest BCUT2D eigenvalue weighted by Crippen LogP contribution is -1.97. The first-order valence-corrected chi connectivity index (χ1v) is 2.38. The second-order valence-electron chi connectivity index (χ2n) is 1.33. The Morgan fingerprint density at radius 3 is 2.43 bits per heavy atom. The van der Waals surface area contributed by atoms with Crippen LogP contribution in [0.5, 0.6) is 0 Å². The largest absolute Gasteiger partial charge is 0.281 e. The molecule has 0 radical (unpaired) electrons. The summed E-state index contributed by atoms with van der Waals surface area (Å²) in [5.41, 5.74) is 0. The first kappa shape index (κ1) is 6.70. The van der Waals surface area contributed by atoms with Crippen LogP contribution in [-0.2, 0) is 4.79 Å². The Hall–Kier alpha value is -0.300. The van der Waals surface area contributed by atoms with Gasteiger partial charge in [0.05, 0.1) is 0 Å². The number of hydrogen-bond donors (Lipinski definition) is 0. The SMILES string of the molecule is C=CC(C)C(=O)Cl. The normalized spacial score (nSPS) is 12.9. The summed E-state index contributed by atoms with van der Waals surface area (Å²) in [5.74, 6) is -0.207. The molecule has 0 aliphatic rings. The molecule has 7 heavy (non-hydrogen) atoms. The van der Waals surface area contributed by atoms with E-state index in [0.717, 1.165) is 0 Å². The van der Waals surface area contributed by atoms with Crippen molar-refractivity contribution < 1.29 is 4.79 Å². The topological polar surface area (TPSA) is 17.1 Å². The van der Waals surface area contributed by atoms with Gasteiger partial charge in [-0.3, -0.25) is 4.79 Å². The molecule has 0 aliphatic heterocycles. The fourth-order valence-corrected chi connectivity index (χ4v) is 0.182. The molecule has 0 saturated carbocycles. The predicted octanol–water partition coefficient (Wildman–Crippen LogP) is 1.57. The van der Waals surface area contributed by atoms with E-state index < -0.39 is 0 Å². The van der Waals surface area contributed by atoms with Gasteiger partial charge in [-0.05, 0) is 11.6 Å². The number of allylic oxidation sites excluding steroid dienone is 1. The molecule has 0 rings (SSSR count). The van der Waals surface area contributed by atoms with Gasteiger partial charge in [-0.25, -0.2) is 0 Å². The molecule has 0 fully saturated rings. The van der Waals surface area contributed by atoms with Crippen molar-refractivity contribution in [3.05, 3.63) is 12.7 Å². The lowest BCUT2D eigenvalue weighted by molar-refractivity contribution is -0.113. The van der Waals surface area contributed by atoms with Crippen molar-refractivity contribution in [3.8, 4) is 0 Å². The number of carbonyl (C=O) groups excluding carboxylic acids is 1. The zero-order chi connectivity index (χ0) is 5.86. The molecular weight excluding hydrogens is 112 g/mol. The van der Waals surface area contributed by atoms with Crippen molar-refractivity contribution in [2.75, 3.05) is 0 Å². The van der Waals surface area contributed by atoms with Gasteiger partial charge in [0.15, 0.2) is 0 Å². The van der Waals surface area contributed by atoms with Gasteiger partial charge in [-0.2, -0.15) is 0 Å². The third-order valence-electron chi connectivity index (χ3n) is 0.712. The van der Waals surface area contributed by atoms with Crippen molar-refractivity contribution in [2.45, 2.75) is 6.92 Å². The fourth-order valence-electron chi connectivity index (χ4n) is 0.0927. The van der Waals surface area contributed by atoms with Crippen LogP contribution in [-0.4, -0.2) is 5.24 Å². The van der Waals surface area contributed by atoms with E-state index in [1.807, 2.05) is 0 Å². The molecule has 2 heteroatoms. The monoisotopic (exact) mass is 118 g/mol. The molecule has 0 bridgehead atoms. The molecule has 0 aromatic rings. The summed E-state index contributed by atoms with van der Waals surface area (Å²) in [7, 11) is 0. The van der Waals surface area contributed by atoms with Gasteiger partial charge >= 0.3 is 0 Å². The summed E-state index contributed by atoms with van der Waals surface area (Å²) in [4.78, 5) is 10.1. The molecule has 0 spiro atoms. The van der Waals surface area contributed by atoms with Gasteiger partial charge in [0.25, 0.3) is 0 Å². The van der Waals surface area contributed by atoms with Crippen molar-refractivity contribution in [3.63, 3.8) is 0 Å². The minimum absolute atomic E-state index is 0.207. The summed E-state index contributed by atoms with van der Waals surface area (Å²) in [6, 6.07) is 0. The first-order valence-electron chi connectivity index (χ1n) is 2.00. The maximum absolute atomic E-state index is 10.1. The van der Waals surface area contributed by atoms with Crippen molar-refractivity contribution in [1.29, 1.82) is 0 Å². The van der Waals surface area contributed by atoms with Crippen LogP contribution in [0.3, 0.4) is 0 Å². The lowest BCUT2D eigenvalue weighted by Gasteiger charge is -1.91. The highest BCUT2D eigenvalue weighted by Gasteiger charge is 2.01. The van der Waals surface area contributed by atoms with Crippen LogP contribution in [0.2, 0.25) is 0 Å². The van der Waals surface area contributed by atoms with E-state index >= 15 is 0 Å². The smallest absolute Gasteiger partial charge is 0.228 e. The predicted molar refractivity (Wildman–Crippen MR) is 30.2 cm³/mol. The van der Waals surface area contributed by atoms with E-state index in [-0.39, 0.29) is 11.2 Å². The third-order valence-corrected chi connectivity index (χ3v) is 1.06. The van der Waals surface area contributed by atoms with Crippen molar-refractivity contribution >= 4 is 16.8 Å². The zero-order valence-corrected chi connectivity index (χ0v) is 4.90. The van der Waals surface area contributed by atoms with E-state index in [9.17, 15) is 4.79 Å². The Morgan fingerprint density at radius 1 is 2.00 bits per heavy atom. The van der Waals surface area contributed by atoms with Gasteiger partial charge in [0.1, 0.15) is 0 Å². The first-order chi connectivity index (χ1) is 3.18. The molecule has 0 saturated heterocycles. The van der Waals surface area contributed by atoms with E-state index in [1.165, 1.54) is 6.08 Å². The second kappa shape index (κ2) is 2.80. The quantitative estimate of drug-likeness (QED) is 0.397. The second-order valence-corrected chi connectivity index (χ2v) is 1.70. The molecular formula is C5H7ClO. The Balaban J connectivity index is 3.55. The van der Waals surface area contributed by atoms with Gasteiger partial charge in [-0.1, -0.05) is 13.0 Å². The van der Waals surface area contributed by atoms with Gasteiger partial charge in [0, 0.05) is 5.92 Å². The fraction of sp³-hybridized carbons (Fsp3) is 0.400. The Bertz CT molecular complexity index is 88.1. The summed E-state index contributed by atoms with van der Waals surface area (Å²) in [5, 5.41) is -0.352. The average molecular weight is 119 g/mol. The van der Waals surface area contributed by atoms with Crippen LogP contribution < -0.4 is 0 Å². The van der Waals surface area contributed by atoms with Crippen LogP contribution >= 0.6 is 11.6 Å². The lowest BCUT2D eigenvalue weighted by atomic mass is 10.2. The minimum atomic E-state index is -0.352. The Labute approximate surface area is 48.0 Å². The average Bonchev–Trinajstić information content (AvgIpc) is 1.65. The van der Waals surface area contributed by atoms with Crippen LogP contribution in [0, 0.1) is 5.92 Å². The van der Waals surface area contributed by atoms with Crippen molar-refractivity contribution in [2.24, 2.45) is 5.92 Å². The Kier molecular flexibility index (Phi) is 2.68. The number of hydrogen-bond acceptors (Lipinski definition) is 1. The molecule has 1 unspecified atom stereocenters. The maximum atomic E-state index is 10.1. The van der Waals surface area contributed by atoms with E-state index in [2.05, 4.69) is 6.58 Å². The summed E-state index contributed by atoms with van der Waals surface area (Å²) in [6.07, 6.45) is 1.51. The molecule has 0 aromatic heterocycles. The number of rotatable bonds is 2. The highest BCUT2D eigenvalue weighted by Crippen LogP contribution is 1.99. The molecule has 0 N–H and O–H groups in total. The summed E-state index contributed by atoms with van der Waals surface area (Å²) >= 11 is 5.02. The van der Waals surface area contributed by atoms with E-state index in [0.29, 0.717) is 0 Å². The van der Waals surface area contributed by atoms with E-state index in [1.54, 1.807) is 6.92 Å². The molecule has 0 aromatic carbocycles. The third kappa shape index (κ3) is 2.40. The molecule has 0 aliphatic carbocycles. The Morgan fingerprint density at radius 2 is 2.43 bits per heavy atom. The molecule has 0 heterocycles. The van der Waals surface area contributed by atoms with Crippen LogP contribution in [0.1, 0.15) is 6.92 Å². The standard InChI is InChI=1S/C5H7ClO/c1-3-4(2)5(6)7/h3-4H,1H2,2H3. The number of carbonyl (C=O) groups is 1. The van der Waals surface area contributed by atoms with Crippen LogP contribution in [0.4, 0.5) is 0 Å². The van der Waals surface area contributed by atoms with Crippen LogP contribution in [0.25, 0.3) is 0 Å². The molecule has 1 atom stereocenters. The zero-order valence-electron chi connectivity index (χ0n) is 4.15. The molecule has 40 valence electrons. The van der Waals surface area contributed by atoms with Gasteiger partial charge < -0.3 is 0 Å². The maximum Gasteiger partial charge on any atom is 0.228 e. The van der Waals surface area contributed by atoms with E-state index in [4.69, 9.17) is 11.6 Å². The highest BCUT2D eigenvalue weighted by atomic mass is 35.5. The van der Waals surface area contributed by atoms with Crippen LogP contribution in [0.15, 0.2) is 12.7 Å². The number of halogens is 1. The highest BCUT2D eigenvalue weighted by molar-refractivity contribution is 6.64. The van der Waals surface area contributed by atoms with Gasteiger partial charge in [0.2, 0.25) is 5.24 Å². The minimum Gasteiger partial charge on any atom is -0.281 e. The summed E-state index contributed by atoms with van der Waals surface area (Å²) < 4.78 is 0. The van der Waals surface area contributed by atoms with Crippen molar-refractivity contribution in [1.82, 2.24) is 0 Å². The molecule has 0 amide bonds. The van der Waals surface area contributed by atoms with Gasteiger partial charge in [-0.15, -0.1) is 6.58 Å². The molecule has 1 nitrogen and oxygen atoms in total. The summed E-state index contributed by atoms with van der Waals surface area (Å²) in [6.45, 7) is 5.07.